The van der Waals surface area contributed by atoms with E-state index in [0.29, 0.717) is 12.0 Å². The number of nitrogens with zero attached hydrogens (tertiary/aromatic N) is 1. The number of likely N-dealkylation sites (N-methyl/N-ethyl adjacent to an activating group) is 1. The van der Waals surface area contributed by atoms with Gasteiger partial charge in [-0.3, -0.25) is 0 Å². The van der Waals surface area contributed by atoms with Gasteiger partial charge in [0.15, 0.2) is 0 Å². The maximum absolute atomic E-state index is 4.82. The Morgan fingerprint density at radius 2 is 1.93 bits per heavy atom. The molecule has 0 saturated heterocycles. The number of unbranched alkanes of at least 4 members (excludes halogenated alkanes) is 1. The van der Waals surface area contributed by atoms with Crippen LogP contribution >= 0.6 is 0 Å². The highest BCUT2D eigenvalue weighted by molar-refractivity contribution is 5.81. The van der Waals surface area contributed by atoms with Crippen molar-refractivity contribution >= 4 is 16.6 Å². The number of benzene rings is 1. The molecule has 0 saturated carbocycles. The molecule has 0 bridgehead atoms. The van der Waals surface area contributed by atoms with Gasteiger partial charge >= 0.3 is 0 Å². The summed E-state index contributed by atoms with van der Waals surface area (Å²) in [7, 11) is 2.00. The highest BCUT2D eigenvalue weighted by Crippen LogP contribution is 2.22. The van der Waals surface area contributed by atoms with Crippen molar-refractivity contribution in [3.63, 3.8) is 0 Å². The van der Waals surface area contributed by atoms with Gasteiger partial charge in [0, 0.05) is 24.0 Å². The second kappa shape index (κ2) is 10.8. The Kier molecular flexibility index (Phi) is 7.86. The first-order valence-corrected chi connectivity index (χ1v) is 10.9. The van der Waals surface area contributed by atoms with Crippen LogP contribution in [0, 0.1) is 5.92 Å². The minimum absolute atomic E-state index is 0.329. The van der Waals surface area contributed by atoms with E-state index in [2.05, 4.69) is 78.9 Å². The van der Waals surface area contributed by atoms with E-state index < -0.39 is 0 Å². The molecule has 2 heterocycles. The van der Waals surface area contributed by atoms with E-state index in [1.54, 1.807) is 0 Å². The van der Waals surface area contributed by atoms with E-state index in [9.17, 15) is 0 Å². The summed E-state index contributed by atoms with van der Waals surface area (Å²) in [6, 6.07) is 8.53. The van der Waals surface area contributed by atoms with Gasteiger partial charge in [0.25, 0.3) is 0 Å². The molecular formula is C26H34N4. The lowest BCUT2D eigenvalue weighted by molar-refractivity contribution is 0.610. The van der Waals surface area contributed by atoms with E-state index in [1.165, 1.54) is 16.7 Å². The lowest BCUT2D eigenvalue weighted by atomic mass is 9.99. The number of aromatic nitrogens is 2. The summed E-state index contributed by atoms with van der Waals surface area (Å²) in [6.45, 7) is 6.65. The van der Waals surface area contributed by atoms with Crippen LogP contribution in [0.5, 0.6) is 0 Å². The molecule has 1 aliphatic rings. The number of para-hydroxylation sites is 2. The molecule has 1 aromatic heterocycles. The molecule has 30 heavy (non-hydrogen) atoms. The first-order valence-electron chi connectivity index (χ1n) is 10.9. The van der Waals surface area contributed by atoms with Crippen molar-refractivity contribution in [1.29, 1.82) is 0 Å². The first-order chi connectivity index (χ1) is 14.6. The predicted molar refractivity (Wildman–Crippen MR) is 129 cm³/mol. The number of H-pyrrole nitrogens is 1. The number of rotatable bonds is 9. The van der Waals surface area contributed by atoms with Crippen molar-refractivity contribution in [2.75, 3.05) is 7.05 Å². The number of dihydropyridines is 1. The van der Waals surface area contributed by atoms with Crippen LogP contribution in [0.4, 0.5) is 0 Å². The molecule has 0 spiro atoms. The summed E-state index contributed by atoms with van der Waals surface area (Å²) in [5, 5.41) is 6.40. The molecule has 4 nitrogen and oxygen atoms in total. The van der Waals surface area contributed by atoms with Gasteiger partial charge in [-0.05, 0) is 75.9 Å². The number of allylic oxidation sites excluding steroid dienone is 7. The van der Waals surface area contributed by atoms with Crippen LogP contribution in [0.1, 0.15) is 45.9 Å². The molecule has 2 atom stereocenters. The zero-order valence-electron chi connectivity index (χ0n) is 18.6. The molecule has 1 aromatic carbocycles. The average molecular weight is 403 g/mol. The van der Waals surface area contributed by atoms with Gasteiger partial charge in [-0.15, -0.1) is 0 Å². The average Bonchev–Trinajstić information content (AvgIpc) is 3.20. The van der Waals surface area contributed by atoms with Crippen molar-refractivity contribution in [1.82, 2.24) is 20.6 Å². The molecular weight excluding hydrogens is 368 g/mol. The van der Waals surface area contributed by atoms with Crippen molar-refractivity contribution in [3.8, 4) is 0 Å². The van der Waals surface area contributed by atoms with Gasteiger partial charge in [-0.2, -0.15) is 0 Å². The van der Waals surface area contributed by atoms with E-state index in [0.717, 1.165) is 36.1 Å². The molecule has 0 radical (unpaired) electrons. The Hall–Kier alpha value is -2.85. The Balaban J connectivity index is 1.71. The second-order valence-corrected chi connectivity index (χ2v) is 8.07. The van der Waals surface area contributed by atoms with Crippen LogP contribution in [0.2, 0.25) is 0 Å². The van der Waals surface area contributed by atoms with Crippen molar-refractivity contribution in [2.24, 2.45) is 5.92 Å². The molecule has 2 aromatic rings. The lowest BCUT2D eigenvalue weighted by Crippen LogP contribution is -2.22. The second-order valence-electron chi connectivity index (χ2n) is 8.07. The smallest absolute Gasteiger partial charge is 0.138 e. The molecule has 4 heteroatoms. The third-order valence-electron chi connectivity index (χ3n) is 5.61. The van der Waals surface area contributed by atoms with Crippen LogP contribution in [-0.4, -0.2) is 23.1 Å². The number of aromatic amines is 1. The van der Waals surface area contributed by atoms with Gasteiger partial charge in [-0.25, -0.2) is 4.98 Å². The summed E-state index contributed by atoms with van der Waals surface area (Å²) in [5.74, 6) is 1.50. The van der Waals surface area contributed by atoms with E-state index in [1.807, 2.05) is 31.6 Å². The summed E-state index contributed by atoms with van der Waals surface area (Å²) in [5.41, 5.74) is 5.83. The fraction of sp³-hybridized carbons (Fsp3) is 0.346. The van der Waals surface area contributed by atoms with E-state index in [-0.39, 0.29) is 0 Å². The summed E-state index contributed by atoms with van der Waals surface area (Å²) in [6.07, 6.45) is 18.5. The maximum Gasteiger partial charge on any atom is 0.138 e. The number of hydrogen-bond donors (Lipinski definition) is 3. The van der Waals surface area contributed by atoms with Crippen molar-refractivity contribution < 1.29 is 0 Å². The molecule has 3 N–H and O–H groups in total. The quantitative estimate of drug-likeness (QED) is 0.363. The molecule has 2 unspecified atom stereocenters. The molecule has 0 aliphatic carbocycles. The van der Waals surface area contributed by atoms with Gasteiger partial charge in [0.05, 0.1) is 11.0 Å². The van der Waals surface area contributed by atoms with Crippen LogP contribution in [0.15, 0.2) is 78.2 Å². The molecule has 158 valence electrons. The highest BCUT2D eigenvalue weighted by atomic mass is 14.9. The third kappa shape index (κ3) is 6.07. The Labute approximate surface area is 180 Å². The van der Waals surface area contributed by atoms with Crippen LogP contribution in [-0.2, 0) is 0 Å². The normalized spacial score (nSPS) is 16.6. The van der Waals surface area contributed by atoms with E-state index >= 15 is 0 Å². The van der Waals surface area contributed by atoms with Crippen molar-refractivity contribution in [3.05, 3.63) is 84.0 Å². The monoisotopic (exact) mass is 402 g/mol. The van der Waals surface area contributed by atoms with Crippen LogP contribution < -0.4 is 10.6 Å². The Morgan fingerprint density at radius 1 is 1.17 bits per heavy atom. The van der Waals surface area contributed by atoms with Crippen molar-refractivity contribution in [2.45, 2.75) is 46.1 Å². The maximum atomic E-state index is 4.82. The zero-order valence-corrected chi connectivity index (χ0v) is 18.6. The number of hydrogen-bond acceptors (Lipinski definition) is 3. The fourth-order valence-corrected chi connectivity index (χ4v) is 3.53. The minimum Gasteiger partial charge on any atom is -0.368 e. The standard InChI is InChI=1S/C26H34N4/c1-19(17-22-13-15-28-16-14-22)9-5-6-10-23(18-20(2)21(3)27-4)26-29-24-11-7-8-12-25(24)30-26/h7-8,10-19,21,27-28H,5-6,9H2,1-4H3,(H,29,30)/b20-18-,23-10+. The van der Waals surface area contributed by atoms with Gasteiger partial charge < -0.3 is 15.6 Å². The topological polar surface area (TPSA) is 52.7 Å². The molecule has 3 rings (SSSR count). The lowest BCUT2D eigenvalue weighted by Gasteiger charge is -2.12. The Bertz CT molecular complexity index is 940. The molecule has 0 amide bonds. The van der Waals surface area contributed by atoms with E-state index in [4.69, 9.17) is 4.98 Å². The van der Waals surface area contributed by atoms with Gasteiger partial charge in [0.1, 0.15) is 5.82 Å². The third-order valence-corrected chi connectivity index (χ3v) is 5.61. The largest absolute Gasteiger partial charge is 0.368 e. The fourth-order valence-electron chi connectivity index (χ4n) is 3.53. The number of imidazole rings is 1. The number of fused-ring (bicyclic) bond motifs is 1. The SMILES string of the molecule is CNC(C)/C(C)=C\C(=C/CCCC(C)C=C1C=CNC=C1)c1nc2ccccc2[nH]1. The minimum atomic E-state index is 0.329. The molecule has 1 aliphatic heterocycles. The summed E-state index contributed by atoms with van der Waals surface area (Å²) >= 11 is 0. The van der Waals surface area contributed by atoms with Gasteiger partial charge in [-0.1, -0.05) is 42.9 Å². The first kappa shape index (κ1) is 21.8. The predicted octanol–water partition coefficient (Wildman–Crippen LogP) is 5.86. The highest BCUT2D eigenvalue weighted by Gasteiger charge is 2.09. The Morgan fingerprint density at radius 3 is 2.67 bits per heavy atom. The summed E-state index contributed by atoms with van der Waals surface area (Å²) < 4.78 is 0. The molecule has 0 fully saturated rings. The summed E-state index contributed by atoms with van der Waals surface area (Å²) in [4.78, 5) is 8.31. The number of nitrogens with one attached hydrogen (secondary N) is 3. The van der Waals surface area contributed by atoms with Crippen LogP contribution in [0.25, 0.3) is 16.6 Å². The zero-order chi connectivity index (χ0) is 21.3. The van der Waals surface area contributed by atoms with Crippen LogP contribution in [0.3, 0.4) is 0 Å². The van der Waals surface area contributed by atoms with Gasteiger partial charge in [0.2, 0.25) is 0 Å².